The minimum Gasteiger partial charge on any atom is -0.454 e. The molecule has 1 fully saturated rings. The van der Waals surface area contributed by atoms with Gasteiger partial charge in [0.25, 0.3) is 0 Å². The third-order valence-electron chi connectivity index (χ3n) is 3.95. The van der Waals surface area contributed by atoms with Crippen molar-refractivity contribution in [1.29, 1.82) is 0 Å². The van der Waals surface area contributed by atoms with Crippen molar-refractivity contribution >= 4 is 11.6 Å². The Hall–Kier alpha value is -0.970. The van der Waals surface area contributed by atoms with Gasteiger partial charge in [-0.05, 0) is 36.5 Å². The van der Waals surface area contributed by atoms with Gasteiger partial charge in [0.05, 0.1) is 5.02 Å². The first-order chi connectivity index (χ1) is 9.28. The summed E-state index contributed by atoms with van der Waals surface area (Å²) in [6, 6.07) is 4.27. The van der Waals surface area contributed by atoms with Gasteiger partial charge in [0.1, 0.15) is 0 Å². The number of aliphatic hydroxyl groups excluding tert-OH is 1. The van der Waals surface area contributed by atoms with Crippen molar-refractivity contribution in [3.8, 4) is 11.5 Å². The van der Waals surface area contributed by atoms with Gasteiger partial charge in [-0.25, -0.2) is 0 Å². The maximum absolute atomic E-state index is 9.31. The van der Waals surface area contributed by atoms with Gasteiger partial charge in [-0.15, -0.1) is 0 Å². The molecule has 3 rings (SSSR count). The molecule has 1 aliphatic carbocycles. The Kier molecular flexibility index (Phi) is 3.82. The topological polar surface area (TPSA) is 50.7 Å². The first-order valence-electron chi connectivity index (χ1n) is 6.70. The maximum Gasteiger partial charge on any atom is 0.231 e. The van der Waals surface area contributed by atoms with Gasteiger partial charge in [0.2, 0.25) is 6.79 Å². The normalized spacial score (nSPS) is 24.9. The molecule has 2 atom stereocenters. The number of hydrogen-bond donors (Lipinski definition) is 2. The van der Waals surface area contributed by atoms with Crippen LogP contribution in [0.1, 0.15) is 24.8 Å². The molecule has 0 spiro atoms. The number of hydrogen-bond acceptors (Lipinski definition) is 4. The Morgan fingerprint density at radius 1 is 1.32 bits per heavy atom. The maximum atomic E-state index is 9.31. The molecule has 1 aliphatic heterocycles. The summed E-state index contributed by atoms with van der Waals surface area (Å²) in [6.45, 7) is 1.23. The molecule has 0 aromatic heterocycles. The van der Waals surface area contributed by atoms with Crippen LogP contribution in [0.5, 0.6) is 11.5 Å². The molecule has 104 valence electrons. The molecule has 2 aliphatic rings. The largest absolute Gasteiger partial charge is 0.454 e. The quantitative estimate of drug-likeness (QED) is 0.890. The average Bonchev–Trinajstić information content (AvgIpc) is 3.04. The van der Waals surface area contributed by atoms with E-state index in [1.165, 1.54) is 6.42 Å². The van der Waals surface area contributed by atoms with E-state index in [1.54, 1.807) is 0 Å². The molecule has 19 heavy (non-hydrogen) atoms. The fraction of sp³-hybridized carbons (Fsp3) is 0.571. The fourth-order valence-corrected chi connectivity index (χ4v) is 3.18. The lowest BCUT2D eigenvalue weighted by Crippen LogP contribution is -2.33. The number of aliphatic hydroxyl groups is 1. The van der Waals surface area contributed by atoms with Crippen LogP contribution >= 0.6 is 11.6 Å². The monoisotopic (exact) mass is 283 g/mol. The van der Waals surface area contributed by atoms with Gasteiger partial charge in [-0.3, -0.25) is 0 Å². The third kappa shape index (κ3) is 2.66. The number of rotatable bonds is 4. The van der Waals surface area contributed by atoms with E-state index in [-0.39, 0.29) is 13.4 Å². The summed E-state index contributed by atoms with van der Waals surface area (Å²) in [5.41, 5.74) is 1.08. The lowest BCUT2D eigenvalue weighted by Gasteiger charge is -2.19. The second-order valence-electron chi connectivity index (χ2n) is 5.17. The van der Waals surface area contributed by atoms with Crippen molar-refractivity contribution in [3.63, 3.8) is 0 Å². The second-order valence-corrected chi connectivity index (χ2v) is 5.58. The van der Waals surface area contributed by atoms with Crippen molar-refractivity contribution in [1.82, 2.24) is 5.32 Å². The number of nitrogens with one attached hydrogen (secondary N) is 1. The lowest BCUT2D eigenvalue weighted by atomic mass is 10.0. The molecule has 2 N–H and O–H groups in total. The minimum absolute atomic E-state index is 0.237. The fourth-order valence-electron chi connectivity index (χ4n) is 2.90. The van der Waals surface area contributed by atoms with Crippen LogP contribution in [0.3, 0.4) is 0 Å². The highest BCUT2D eigenvalue weighted by atomic mass is 35.5. The zero-order valence-electron chi connectivity index (χ0n) is 10.7. The van der Waals surface area contributed by atoms with Crippen molar-refractivity contribution < 1.29 is 14.6 Å². The number of ether oxygens (including phenoxy) is 2. The summed E-state index contributed by atoms with van der Waals surface area (Å²) in [7, 11) is 0. The Labute approximate surface area is 117 Å². The van der Waals surface area contributed by atoms with E-state index >= 15 is 0 Å². The second kappa shape index (κ2) is 5.57. The average molecular weight is 284 g/mol. The summed E-state index contributed by atoms with van der Waals surface area (Å²) < 4.78 is 10.6. The molecular weight excluding hydrogens is 266 g/mol. The summed E-state index contributed by atoms with van der Waals surface area (Å²) in [5, 5.41) is 13.4. The SMILES string of the molecule is OCC1CCCC1NCc1cc(Cl)c2c(c1)OCO2. The van der Waals surface area contributed by atoms with Gasteiger partial charge in [0, 0.05) is 19.2 Å². The number of fused-ring (bicyclic) bond motifs is 1. The molecule has 0 radical (unpaired) electrons. The highest BCUT2D eigenvalue weighted by Gasteiger charge is 2.26. The van der Waals surface area contributed by atoms with Crippen LogP contribution in [-0.4, -0.2) is 24.5 Å². The zero-order valence-corrected chi connectivity index (χ0v) is 11.4. The summed E-state index contributed by atoms with van der Waals surface area (Å²) in [4.78, 5) is 0. The van der Waals surface area contributed by atoms with Crippen molar-refractivity contribution in [2.45, 2.75) is 31.8 Å². The first-order valence-corrected chi connectivity index (χ1v) is 7.08. The smallest absolute Gasteiger partial charge is 0.231 e. The molecule has 1 aromatic carbocycles. The molecular formula is C14H18ClNO3. The van der Waals surface area contributed by atoms with Crippen LogP contribution in [0, 0.1) is 5.92 Å². The first kappa shape index (κ1) is 13.0. The Morgan fingerprint density at radius 2 is 2.21 bits per heavy atom. The van der Waals surface area contributed by atoms with Gasteiger partial charge < -0.3 is 19.9 Å². The molecule has 0 bridgehead atoms. The van der Waals surface area contributed by atoms with Gasteiger partial charge in [-0.2, -0.15) is 0 Å². The Morgan fingerprint density at radius 3 is 3.05 bits per heavy atom. The Bertz CT molecular complexity index is 466. The Balaban J connectivity index is 1.66. The molecule has 1 aromatic rings. The predicted molar refractivity (Wildman–Crippen MR) is 72.6 cm³/mol. The van der Waals surface area contributed by atoms with Crippen LogP contribution in [0.4, 0.5) is 0 Å². The zero-order chi connectivity index (χ0) is 13.2. The van der Waals surface area contributed by atoms with Gasteiger partial charge in [0.15, 0.2) is 11.5 Å². The minimum atomic E-state index is 0.237. The van der Waals surface area contributed by atoms with E-state index in [1.807, 2.05) is 12.1 Å². The van der Waals surface area contributed by atoms with Crippen molar-refractivity contribution in [2.24, 2.45) is 5.92 Å². The van der Waals surface area contributed by atoms with Crippen LogP contribution in [-0.2, 0) is 6.54 Å². The van der Waals surface area contributed by atoms with Crippen molar-refractivity contribution in [3.05, 3.63) is 22.7 Å². The van der Waals surface area contributed by atoms with Crippen LogP contribution in [0.15, 0.2) is 12.1 Å². The van der Waals surface area contributed by atoms with E-state index in [2.05, 4.69) is 5.32 Å². The molecule has 1 heterocycles. The van der Waals surface area contributed by atoms with E-state index in [0.717, 1.165) is 30.7 Å². The van der Waals surface area contributed by atoms with Crippen LogP contribution < -0.4 is 14.8 Å². The summed E-state index contributed by atoms with van der Waals surface area (Å²) >= 11 is 6.15. The summed E-state index contributed by atoms with van der Waals surface area (Å²) in [5.74, 6) is 1.73. The number of benzene rings is 1. The summed E-state index contributed by atoms with van der Waals surface area (Å²) in [6.07, 6.45) is 3.42. The molecule has 0 saturated heterocycles. The molecule has 4 nitrogen and oxygen atoms in total. The highest BCUT2D eigenvalue weighted by molar-refractivity contribution is 6.32. The lowest BCUT2D eigenvalue weighted by molar-refractivity contribution is 0.174. The number of halogens is 1. The van der Waals surface area contributed by atoms with E-state index in [9.17, 15) is 5.11 Å². The van der Waals surface area contributed by atoms with E-state index in [4.69, 9.17) is 21.1 Å². The molecule has 0 amide bonds. The van der Waals surface area contributed by atoms with Gasteiger partial charge in [-0.1, -0.05) is 18.0 Å². The molecule has 5 heteroatoms. The standard InChI is InChI=1S/C14H18ClNO3/c15-11-4-9(5-13-14(11)19-8-18-13)6-16-12-3-1-2-10(12)7-17/h4-5,10,12,16-17H,1-3,6-8H2. The van der Waals surface area contributed by atoms with Crippen molar-refractivity contribution in [2.75, 3.05) is 13.4 Å². The predicted octanol–water partition coefficient (Wildman–Crippen LogP) is 2.32. The van der Waals surface area contributed by atoms with E-state index in [0.29, 0.717) is 22.7 Å². The van der Waals surface area contributed by atoms with Crippen LogP contribution in [0.25, 0.3) is 0 Å². The van der Waals surface area contributed by atoms with E-state index < -0.39 is 0 Å². The third-order valence-corrected chi connectivity index (χ3v) is 4.23. The highest BCUT2D eigenvalue weighted by Crippen LogP contribution is 2.39. The molecule has 2 unspecified atom stereocenters. The molecule has 1 saturated carbocycles. The van der Waals surface area contributed by atoms with Gasteiger partial charge >= 0.3 is 0 Å². The van der Waals surface area contributed by atoms with Crippen LogP contribution in [0.2, 0.25) is 5.02 Å².